The summed E-state index contributed by atoms with van der Waals surface area (Å²) < 4.78 is 23.1. The number of rotatable bonds is 5. The van der Waals surface area contributed by atoms with Crippen LogP contribution >= 0.6 is 11.6 Å². The maximum absolute atomic E-state index is 13.1. The molecule has 0 heterocycles. The van der Waals surface area contributed by atoms with Gasteiger partial charge in [0.2, 0.25) is 0 Å². The van der Waals surface area contributed by atoms with Crippen molar-refractivity contribution in [1.82, 2.24) is 0 Å². The van der Waals surface area contributed by atoms with Gasteiger partial charge in [0.25, 0.3) is 0 Å². The minimum Gasteiger partial charge on any atom is -0.464 e. The topological polar surface area (TPSA) is 61.5 Å². The highest BCUT2D eigenvalue weighted by molar-refractivity contribution is 6.31. The standard InChI is InChI=1S/C12H15ClFNO3/c1-3-17-12(16)7(2)18-6-8-4-11(15)10(14)5-9(8)13/h4-5,7H,3,6,15H2,1-2H3. The molecule has 6 heteroatoms. The molecule has 4 nitrogen and oxygen atoms in total. The van der Waals surface area contributed by atoms with Gasteiger partial charge in [-0.25, -0.2) is 9.18 Å². The predicted octanol–water partition coefficient (Wildman–Crippen LogP) is 2.53. The van der Waals surface area contributed by atoms with Crippen molar-refractivity contribution in [1.29, 1.82) is 0 Å². The van der Waals surface area contributed by atoms with E-state index in [4.69, 9.17) is 26.8 Å². The van der Waals surface area contributed by atoms with Gasteiger partial charge in [-0.15, -0.1) is 0 Å². The third-order valence-electron chi connectivity index (χ3n) is 2.27. The molecule has 18 heavy (non-hydrogen) atoms. The number of esters is 1. The van der Waals surface area contributed by atoms with E-state index in [0.717, 1.165) is 6.07 Å². The van der Waals surface area contributed by atoms with Crippen LogP contribution in [0, 0.1) is 5.82 Å². The van der Waals surface area contributed by atoms with Crippen molar-refractivity contribution in [3.05, 3.63) is 28.5 Å². The summed E-state index contributed by atoms with van der Waals surface area (Å²) in [6, 6.07) is 2.50. The molecule has 0 spiro atoms. The molecular formula is C12H15ClFNO3. The molecule has 1 rings (SSSR count). The molecule has 0 fully saturated rings. The fourth-order valence-electron chi connectivity index (χ4n) is 1.27. The van der Waals surface area contributed by atoms with Crippen molar-refractivity contribution in [3.8, 4) is 0 Å². The highest BCUT2D eigenvalue weighted by Crippen LogP contribution is 2.23. The van der Waals surface area contributed by atoms with Gasteiger partial charge in [0.1, 0.15) is 5.82 Å². The van der Waals surface area contributed by atoms with Crippen molar-refractivity contribution in [3.63, 3.8) is 0 Å². The zero-order valence-corrected chi connectivity index (χ0v) is 11.0. The second-order valence-corrected chi connectivity index (χ2v) is 4.08. The van der Waals surface area contributed by atoms with Crippen LogP contribution in [0.15, 0.2) is 12.1 Å². The number of ether oxygens (including phenoxy) is 2. The number of halogens is 2. The third kappa shape index (κ3) is 3.85. The van der Waals surface area contributed by atoms with Gasteiger partial charge in [-0.1, -0.05) is 11.6 Å². The van der Waals surface area contributed by atoms with E-state index in [1.807, 2.05) is 0 Å². The van der Waals surface area contributed by atoms with E-state index < -0.39 is 17.9 Å². The molecule has 100 valence electrons. The largest absolute Gasteiger partial charge is 0.464 e. The van der Waals surface area contributed by atoms with Gasteiger partial charge in [0, 0.05) is 5.02 Å². The minimum atomic E-state index is -0.715. The molecule has 0 aliphatic carbocycles. The van der Waals surface area contributed by atoms with Gasteiger partial charge in [-0.05, 0) is 31.5 Å². The summed E-state index contributed by atoms with van der Waals surface area (Å²) in [6.07, 6.45) is -0.715. The number of carbonyl (C=O) groups is 1. The van der Waals surface area contributed by atoms with Gasteiger partial charge < -0.3 is 15.2 Å². The molecule has 0 bridgehead atoms. The summed E-state index contributed by atoms with van der Waals surface area (Å²) in [5, 5.41) is 0.206. The van der Waals surface area contributed by atoms with Gasteiger partial charge in [0.05, 0.1) is 18.9 Å². The monoisotopic (exact) mass is 275 g/mol. The van der Waals surface area contributed by atoms with Crippen LogP contribution in [-0.4, -0.2) is 18.7 Å². The smallest absolute Gasteiger partial charge is 0.334 e. The van der Waals surface area contributed by atoms with Crippen LogP contribution in [0.1, 0.15) is 19.4 Å². The highest BCUT2D eigenvalue weighted by atomic mass is 35.5. The number of anilines is 1. The summed E-state index contributed by atoms with van der Waals surface area (Å²) in [5.41, 5.74) is 5.93. The lowest BCUT2D eigenvalue weighted by atomic mass is 10.2. The van der Waals surface area contributed by atoms with Crippen LogP contribution in [0.3, 0.4) is 0 Å². The van der Waals surface area contributed by atoms with Gasteiger partial charge >= 0.3 is 5.97 Å². The first-order valence-electron chi connectivity index (χ1n) is 5.47. The van der Waals surface area contributed by atoms with Crippen LogP contribution in [-0.2, 0) is 20.9 Å². The zero-order chi connectivity index (χ0) is 13.7. The zero-order valence-electron chi connectivity index (χ0n) is 10.2. The Morgan fingerprint density at radius 2 is 2.22 bits per heavy atom. The van der Waals surface area contributed by atoms with Gasteiger partial charge in [-0.2, -0.15) is 0 Å². The third-order valence-corrected chi connectivity index (χ3v) is 2.62. The van der Waals surface area contributed by atoms with Crippen LogP contribution < -0.4 is 5.73 Å². The molecule has 0 aliphatic rings. The summed E-state index contributed by atoms with van der Waals surface area (Å²) >= 11 is 5.83. The molecule has 1 aromatic rings. The molecule has 1 unspecified atom stereocenters. The average molecular weight is 276 g/mol. The van der Waals surface area contributed by atoms with Crippen LogP contribution in [0.2, 0.25) is 5.02 Å². The lowest BCUT2D eigenvalue weighted by molar-refractivity contribution is -0.156. The van der Waals surface area contributed by atoms with E-state index >= 15 is 0 Å². The van der Waals surface area contributed by atoms with Crippen LogP contribution in [0.25, 0.3) is 0 Å². The summed E-state index contributed by atoms with van der Waals surface area (Å²) in [7, 11) is 0. The van der Waals surface area contributed by atoms with Crippen molar-refractivity contribution in [2.75, 3.05) is 12.3 Å². The maximum Gasteiger partial charge on any atom is 0.334 e. The number of nitrogens with two attached hydrogens (primary N) is 1. The number of benzene rings is 1. The lowest BCUT2D eigenvalue weighted by Crippen LogP contribution is -2.23. The summed E-state index contributed by atoms with van der Waals surface area (Å²) in [4.78, 5) is 11.3. The maximum atomic E-state index is 13.1. The molecule has 2 N–H and O–H groups in total. The van der Waals surface area contributed by atoms with E-state index in [9.17, 15) is 9.18 Å². The Labute approximate surface area is 110 Å². The molecule has 0 saturated carbocycles. The first kappa shape index (κ1) is 14.7. The number of nitrogen functional groups attached to an aromatic ring is 1. The summed E-state index contributed by atoms with van der Waals surface area (Å²) in [5.74, 6) is -1.04. The molecular weight excluding hydrogens is 261 g/mol. The van der Waals surface area contributed by atoms with E-state index in [-0.39, 0.29) is 23.9 Å². The van der Waals surface area contributed by atoms with Crippen molar-refractivity contribution >= 4 is 23.3 Å². The molecule has 0 saturated heterocycles. The highest BCUT2D eigenvalue weighted by Gasteiger charge is 2.15. The Morgan fingerprint density at radius 1 is 1.56 bits per heavy atom. The number of hydrogen-bond donors (Lipinski definition) is 1. The number of carbonyl (C=O) groups excluding carboxylic acids is 1. The van der Waals surface area contributed by atoms with E-state index in [1.54, 1.807) is 13.8 Å². The van der Waals surface area contributed by atoms with Crippen LogP contribution in [0.4, 0.5) is 10.1 Å². The molecule has 1 aromatic carbocycles. The summed E-state index contributed by atoms with van der Waals surface area (Å²) in [6.45, 7) is 3.63. The van der Waals surface area contributed by atoms with E-state index in [1.165, 1.54) is 6.07 Å². The second-order valence-electron chi connectivity index (χ2n) is 3.67. The van der Waals surface area contributed by atoms with Gasteiger partial charge in [0.15, 0.2) is 6.10 Å². The Morgan fingerprint density at radius 3 is 2.83 bits per heavy atom. The first-order valence-corrected chi connectivity index (χ1v) is 5.85. The minimum absolute atomic E-state index is 0.0122. The Kier molecular flexibility index (Phi) is 5.37. The SMILES string of the molecule is CCOC(=O)C(C)OCc1cc(N)c(F)cc1Cl. The van der Waals surface area contributed by atoms with Crippen molar-refractivity contribution in [2.24, 2.45) is 0 Å². The molecule has 0 aliphatic heterocycles. The van der Waals surface area contributed by atoms with Crippen molar-refractivity contribution < 1.29 is 18.7 Å². The molecule has 0 amide bonds. The Balaban J connectivity index is 2.63. The normalized spacial score (nSPS) is 12.2. The average Bonchev–Trinajstić information content (AvgIpc) is 2.32. The molecule has 0 radical (unpaired) electrons. The van der Waals surface area contributed by atoms with E-state index in [0.29, 0.717) is 5.56 Å². The fraction of sp³-hybridized carbons (Fsp3) is 0.417. The molecule has 0 aromatic heterocycles. The van der Waals surface area contributed by atoms with Crippen molar-refractivity contribution in [2.45, 2.75) is 26.6 Å². The molecule has 1 atom stereocenters. The quantitative estimate of drug-likeness (QED) is 0.663. The first-order chi connectivity index (χ1) is 8.45. The Bertz CT molecular complexity index is 440. The van der Waals surface area contributed by atoms with Crippen LogP contribution in [0.5, 0.6) is 0 Å². The Hall–Kier alpha value is -1.33. The predicted molar refractivity (Wildman–Crippen MR) is 66.7 cm³/mol. The van der Waals surface area contributed by atoms with Gasteiger partial charge in [-0.3, -0.25) is 0 Å². The fourth-order valence-corrected chi connectivity index (χ4v) is 1.47. The lowest BCUT2D eigenvalue weighted by Gasteiger charge is -2.13. The van der Waals surface area contributed by atoms with E-state index in [2.05, 4.69) is 0 Å². The number of hydrogen-bond acceptors (Lipinski definition) is 4. The second kappa shape index (κ2) is 6.56.